The van der Waals surface area contributed by atoms with Crippen LogP contribution >= 0.6 is 33.2 Å². The van der Waals surface area contributed by atoms with Crippen molar-refractivity contribution < 1.29 is 145 Å². The van der Waals surface area contributed by atoms with E-state index in [-0.39, 0.29) is 111 Å². The smallest absolute Gasteiger partial charge is 1.00 e. The standard InChI is InChI=1S/C14H21NO3S2.C10H13ClO2S2.C4H9NO.C2H3N.CH2O3.2K.H/c1-13-3-5-14(6-4-13)20(16,17)19-12-2-7-15-8-10-18-11-9-15;1-9-3-5-10(6-4-9)15(12,13)14-8-2-7-11;1-3-6-4-2-5-1;1-2-3;2-1-4-3;;;/h3-6H,2,7-12H2,1H3;3-6H,2,7-8H2,1H3;5H,1-4H2;1H3;1,3H;;;/q;;;;;2*+1;-1/p-1. The van der Waals surface area contributed by atoms with Crippen LogP contribution in [0.5, 0.6) is 0 Å². The zero-order valence-corrected chi connectivity index (χ0v) is 39.9. The molecule has 0 aliphatic carbocycles. The molecule has 2 saturated heterocycles. The summed E-state index contributed by atoms with van der Waals surface area (Å²) in [5.41, 5.74) is 2.13. The molecule has 0 atom stereocenters. The largest absolute Gasteiger partial charge is 1.00 e. The van der Waals surface area contributed by atoms with Crippen LogP contribution in [0.3, 0.4) is 0 Å². The number of alkyl halides is 1. The van der Waals surface area contributed by atoms with E-state index >= 15 is 0 Å². The van der Waals surface area contributed by atoms with Crippen molar-refractivity contribution in [2.75, 3.05) is 76.5 Å². The third-order valence-corrected chi connectivity index (χ3v) is 13.5. The Labute approximate surface area is 397 Å². The van der Waals surface area contributed by atoms with Crippen LogP contribution in [0.1, 0.15) is 32.3 Å². The number of aryl methyl sites for hydroxylation is 2. The van der Waals surface area contributed by atoms with Crippen LogP contribution in [0.2, 0.25) is 0 Å². The molecule has 2 aromatic carbocycles. The minimum Gasteiger partial charge on any atom is -1.00 e. The monoisotopic (exact) mass is 847 g/mol. The second kappa shape index (κ2) is 36.0. The Morgan fingerprint density at radius 1 is 0.880 bits per heavy atom. The van der Waals surface area contributed by atoms with E-state index in [9.17, 15) is 16.8 Å². The van der Waals surface area contributed by atoms with Gasteiger partial charge in [0.05, 0.1) is 42.3 Å². The molecule has 2 heterocycles. The maximum absolute atomic E-state index is 12.1. The third kappa shape index (κ3) is 29.7. The first-order chi connectivity index (χ1) is 23.0. The number of carbonyl (C=O) groups is 1. The van der Waals surface area contributed by atoms with Gasteiger partial charge in [-0.2, -0.15) is 5.26 Å². The molecule has 2 fully saturated rings. The van der Waals surface area contributed by atoms with E-state index in [0.29, 0.717) is 33.6 Å². The van der Waals surface area contributed by atoms with Crippen LogP contribution in [0.15, 0.2) is 58.3 Å². The molecule has 19 heteroatoms. The Morgan fingerprint density at radius 2 is 1.26 bits per heavy atom. The van der Waals surface area contributed by atoms with Crippen molar-refractivity contribution in [1.29, 1.82) is 5.26 Å². The number of hydrogen-bond acceptors (Lipinski definition) is 14. The van der Waals surface area contributed by atoms with Crippen molar-refractivity contribution in [3.63, 3.8) is 0 Å². The van der Waals surface area contributed by atoms with Crippen LogP contribution in [-0.4, -0.2) is 105 Å². The van der Waals surface area contributed by atoms with E-state index in [4.69, 9.17) is 36.4 Å². The summed E-state index contributed by atoms with van der Waals surface area (Å²) in [5, 5.41) is 18.9. The first-order valence-electron chi connectivity index (χ1n) is 15.1. The fraction of sp³-hybridized carbons (Fsp3) is 0.548. The number of nitrogens with zero attached hydrogens (tertiary/aromatic N) is 2. The van der Waals surface area contributed by atoms with Gasteiger partial charge in [0.15, 0.2) is 0 Å². The molecule has 2 aromatic rings. The summed E-state index contributed by atoms with van der Waals surface area (Å²) < 4.78 is 58.0. The van der Waals surface area contributed by atoms with Gasteiger partial charge in [0.2, 0.25) is 17.7 Å². The number of benzene rings is 2. The van der Waals surface area contributed by atoms with Crippen molar-refractivity contribution in [3.8, 4) is 6.07 Å². The Kier molecular flexibility index (Phi) is 40.1. The summed E-state index contributed by atoms with van der Waals surface area (Å²) in [6.45, 7) is 13.4. The van der Waals surface area contributed by atoms with Crippen molar-refractivity contribution in [3.05, 3.63) is 59.7 Å². The molecule has 0 radical (unpaired) electrons. The fourth-order valence-corrected chi connectivity index (χ4v) is 9.52. The predicted octanol–water partition coefficient (Wildman–Crippen LogP) is -2.12. The predicted molar refractivity (Wildman–Crippen MR) is 192 cm³/mol. The minimum atomic E-state index is -3.21. The van der Waals surface area contributed by atoms with Crippen LogP contribution in [0, 0.1) is 25.2 Å². The Bertz CT molecular complexity index is 1360. The molecule has 50 heavy (non-hydrogen) atoms. The van der Waals surface area contributed by atoms with Crippen LogP contribution in [0.25, 0.3) is 0 Å². The average molecular weight is 849 g/mol. The van der Waals surface area contributed by atoms with Gasteiger partial charge in [0.25, 0.3) is 6.47 Å². The second-order valence-electron chi connectivity index (χ2n) is 9.81. The molecular formula is C31H48ClK2N3O9S4. The van der Waals surface area contributed by atoms with Gasteiger partial charge in [-0.25, -0.2) is 16.8 Å². The number of nitriles is 1. The zero-order valence-electron chi connectivity index (χ0n) is 30.7. The molecule has 2 aliphatic heterocycles. The SMILES string of the molecule is C1COCCN1.CC#N.Cc1ccc(S(=O)(=O)SCCCCl)cc1.Cc1ccc(S(=O)(=O)SCCCN2CCOCC2)cc1.O=CO[O-].[H-].[K+].[K+]. The Balaban J connectivity index is -0.000000313. The summed E-state index contributed by atoms with van der Waals surface area (Å²) in [4.78, 5) is 14.3. The number of nitrogens with one attached hydrogen (secondary N) is 1. The summed E-state index contributed by atoms with van der Waals surface area (Å²) in [6, 6.07) is 15.7. The second-order valence-corrected chi connectivity index (χ2v) is 18.3. The molecule has 1 N–H and O–H groups in total. The zero-order chi connectivity index (χ0) is 36.1. The molecule has 12 nitrogen and oxygen atoms in total. The van der Waals surface area contributed by atoms with Crippen LogP contribution < -0.4 is 113 Å². The maximum atomic E-state index is 12.1. The van der Waals surface area contributed by atoms with Crippen LogP contribution in [0.4, 0.5) is 0 Å². The molecule has 0 unspecified atom stereocenters. The van der Waals surface area contributed by atoms with Gasteiger partial charge in [-0.1, -0.05) is 35.4 Å². The molecule has 0 spiro atoms. The van der Waals surface area contributed by atoms with E-state index in [1.165, 1.54) is 6.92 Å². The first-order valence-corrected chi connectivity index (χ1v) is 21.6. The molecule has 2 aliphatic rings. The van der Waals surface area contributed by atoms with Gasteiger partial charge < -0.3 is 26.4 Å². The van der Waals surface area contributed by atoms with Crippen molar-refractivity contribution in [2.24, 2.45) is 0 Å². The minimum absolute atomic E-state index is 0. The summed E-state index contributed by atoms with van der Waals surface area (Å²) in [7, 11) is -4.41. The van der Waals surface area contributed by atoms with Gasteiger partial charge >= 0.3 is 103 Å². The van der Waals surface area contributed by atoms with E-state index in [1.54, 1.807) is 42.5 Å². The summed E-state index contributed by atoms with van der Waals surface area (Å²) in [6.07, 6.45) is 1.59. The van der Waals surface area contributed by atoms with Gasteiger partial charge in [-0.15, -0.1) is 11.6 Å². The fourth-order valence-electron chi connectivity index (χ4n) is 3.57. The number of carbonyl (C=O) groups excluding carboxylic acids is 1. The van der Waals surface area contributed by atoms with Gasteiger partial charge in [-0.05, 0) is 79.1 Å². The van der Waals surface area contributed by atoms with Gasteiger partial charge in [0.1, 0.15) is 0 Å². The van der Waals surface area contributed by atoms with E-state index in [2.05, 4.69) is 15.1 Å². The molecular weight excluding hydrogens is 800 g/mol. The van der Waals surface area contributed by atoms with Gasteiger partial charge in [-0.3, -0.25) is 9.69 Å². The molecule has 0 saturated carbocycles. The number of halogens is 1. The average Bonchev–Trinajstić information content (AvgIpc) is 3.09. The van der Waals surface area contributed by atoms with E-state index < -0.39 is 17.7 Å². The normalized spacial score (nSPS) is 13.8. The molecule has 274 valence electrons. The Morgan fingerprint density at radius 3 is 1.58 bits per heavy atom. The van der Waals surface area contributed by atoms with Gasteiger partial charge in [0, 0.05) is 50.5 Å². The maximum Gasteiger partial charge on any atom is 1.00 e. The van der Waals surface area contributed by atoms with Crippen molar-refractivity contribution >= 4 is 57.4 Å². The van der Waals surface area contributed by atoms with E-state index in [1.807, 2.05) is 26.0 Å². The quantitative estimate of drug-likeness (QED) is 0.0467. The van der Waals surface area contributed by atoms with Crippen LogP contribution in [-0.2, 0) is 36.9 Å². The Hall–Kier alpha value is 1.36. The molecule has 4 rings (SSSR count). The number of rotatable bonds is 12. The topological polar surface area (TPSA) is 175 Å². The number of morpholine rings is 2. The van der Waals surface area contributed by atoms with Crippen molar-refractivity contribution in [2.45, 2.75) is 43.4 Å². The third-order valence-electron chi connectivity index (χ3n) is 5.98. The van der Waals surface area contributed by atoms with E-state index in [0.717, 1.165) is 98.3 Å². The summed E-state index contributed by atoms with van der Waals surface area (Å²) >= 11 is 5.49. The molecule has 0 amide bonds. The van der Waals surface area contributed by atoms with Crippen molar-refractivity contribution in [1.82, 2.24) is 10.2 Å². The molecule has 0 aromatic heterocycles. The molecule has 0 bridgehead atoms. The number of hydrogen-bond donors (Lipinski definition) is 1. The number of ether oxygens (including phenoxy) is 2. The first kappa shape index (κ1) is 55.7. The summed E-state index contributed by atoms with van der Waals surface area (Å²) in [5.74, 6) is 1.67.